The molecule has 3 rings (SSSR count). The van der Waals surface area contributed by atoms with Crippen LogP contribution in [0.5, 0.6) is 0 Å². The van der Waals surface area contributed by atoms with Crippen molar-refractivity contribution in [3.8, 4) is 10.6 Å². The van der Waals surface area contributed by atoms with Gasteiger partial charge in [0.2, 0.25) is 0 Å². The van der Waals surface area contributed by atoms with E-state index in [0.717, 1.165) is 16.6 Å². The Morgan fingerprint density at radius 2 is 1.69 bits per heavy atom. The van der Waals surface area contributed by atoms with Gasteiger partial charge in [-0.25, -0.2) is 9.37 Å². The molecular formula is C19H16FN3O2S. The summed E-state index contributed by atoms with van der Waals surface area (Å²) < 4.78 is 13.3. The zero-order valence-corrected chi connectivity index (χ0v) is 15.0. The van der Waals surface area contributed by atoms with Crippen molar-refractivity contribution in [2.75, 3.05) is 0 Å². The van der Waals surface area contributed by atoms with Gasteiger partial charge in [-0.1, -0.05) is 36.4 Å². The lowest BCUT2D eigenvalue weighted by Gasteiger charge is -2.08. The van der Waals surface area contributed by atoms with Gasteiger partial charge >= 0.3 is 0 Å². The number of carbonyl (C=O) groups is 2. The number of hydrazine groups is 1. The minimum atomic E-state index is -0.583. The van der Waals surface area contributed by atoms with Gasteiger partial charge in [0.05, 0.1) is 5.69 Å². The third-order valence-electron chi connectivity index (χ3n) is 3.76. The average molecular weight is 369 g/mol. The van der Waals surface area contributed by atoms with Crippen LogP contribution in [0.2, 0.25) is 0 Å². The van der Waals surface area contributed by atoms with E-state index in [1.165, 1.54) is 23.5 Å². The molecule has 7 heteroatoms. The van der Waals surface area contributed by atoms with Crippen molar-refractivity contribution in [2.45, 2.75) is 13.8 Å². The Labute approximate surface area is 153 Å². The molecule has 132 valence electrons. The highest BCUT2D eigenvalue weighted by atomic mass is 32.1. The standard InChI is InChI=1S/C19H16FN3O2S/c1-11-8-9-14(20)10-15(11)17(24)22-23-18(25)16-12(2)21-19(26-16)13-6-4-3-5-7-13/h3-10H,1-2H3,(H,22,24)(H,23,25). The highest BCUT2D eigenvalue weighted by Gasteiger charge is 2.17. The number of hydrogen-bond acceptors (Lipinski definition) is 4. The highest BCUT2D eigenvalue weighted by Crippen LogP contribution is 2.27. The third-order valence-corrected chi connectivity index (χ3v) is 4.96. The fourth-order valence-electron chi connectivity index (χ4n) is 2.39. The van der Waals surface area contributed by atoms with Crippen molar-refractivity contribution < 1.29 is 14.0 Å². The molecule has 5 nitrogen and oxygen atoms in total. The Balaban J connectivity index is 1.72. The van der Waals surface area contributed by atoms with Gasteiger partial charge in [-0.15, -0.1) is 11.3 Å². The zero-order chi connectivity index (χ0) is 18.7. The van der Waals surface area contributed by atoms with E-state index in [9.17, 15) is 14.0 Å². The summed E-state index contributed by atoms with van der Waals surface area (Å²) in [6.07, 6.45) is 0. The van der Waals surface area contributed by atoms with E-state index in [4.69, 9.17) is 0 Å². The number of aromatic nitrogens is 1. The monoisotopic (exact) mass is 369 g/mol. The molecule has 0 fully saturated rings. The van der Waals surface area contributed by atoms with Gasteiger partial charge in [0.1, 0.15) is 15.7 Å². The first kappa shape index (κ1) is 17.8. The van der Waals surface area contributed by atoms with E-state index in [2.05, 4.69) is 15.8 Å². The normalized spacial score (nSPS) is 10.4. The number of rotatable bonds is 3. The Hall–Kier alpha value is -3.06. The van der Waals surface area contributed by atoms with Gasteiger partial charge in [-0.3, -0.25) is 20.4 Å². The molecule has 0 saturated carbocycles. The summed E-state index contributed by atoms with van der Waals surface area (Å²) in [6, 6.07) is 13.4. The number of nitrogens with one attached hydrogen (secondary N) is 2. The third kappa shape index (κ3) is 3.78. The maximum absolute atomic E-state index is 13.3. The van der Waals surface area contributed by atoms with Crippen molar-refractivity contribution in [3.63, 3.8) is 0 Å². The number of thiazole rings is 1. The first-order chi connectivity index (χ1) is 12.5. The van der Waals surface area contributed by atoms with Gasteiger partial charge in [0, 0.05) is 11.1 Å². The minimum absolute atomic E-state index is 0.163. The van der Waals surface area contributed by atoms with E-state index in [0.29, 0.717) is 16.1 Å². The number of nitrogens with zero attached hydrogens (tertiary/aromatic N) is 1. The molecular weight excluding hydrogens is 353 g/mol. The molecule has 0 unspecified atom stereocenters. The molecule has 0 aliphatic rings. The van der Waals surface area contributed by atoms with Crippen molar-refractivity contribution in [1.29, 1.82) is 0 Å². The summed E-state index contributed by atoms with van der Waals surface area (Å²) >= 11 is 1.24. The molecule has 26 heavy (non-hydrogen) atoms. The fraction of sp³-hybridized carbons (Fsp3) is 0.105. The summed E-state index contributed by atoms with van der Waals surface area (Å²) in [5.41, 5.74) is 6.93. The van der Waals surface area contributed by atoms with Gasteiger partial charge < -0.3 is 0 Å². The Morgan fingerprint density at radius 3 is 2.42 bits per heavy atom. The van der Waals surface area contributed by atoms with Crippen LogP contribution < -0.4 is 10.9 Å². The first-order valence-electron chi connectivity index (χ1n) is 7.85. The second-order valence-electron chi connectivity index (χ2n) is 5.67. The molecule has 1 aromatic heterocycles. The smallest absolute Gasteiger partial charge is 0.267 e. The van der Waals surface area contributed by atoms with E-state index in [-0.39, 0.29) is 5.56 Å². The first-order valence-corrected chi connectivity index (χ1v) is 8.67. The van der Waals surface area contributed by atoms with Crippen molar-refractivity contribution in [1.82, 2.24) is 15.8 Å². The lowest BCUT2D eigenvalue weighted by molar-refractivity contribution is 0.0848. The molecule has 0 aliphatic carbocycles. The van der Waals surface area contributed by atoms with Crippen molar-refractivity contribution in [2.24, 2.45) is 0 Å². The largest absolute Gasteiger partial charge is 0.281 e. The molecule has 2 aromatic carbocycles. The van der Waals surface area contributed by atoms with Crippen LogP contribution in [0.15, 0.2) is 48.5 Å². The number of aryl methyl sites for hydroxylation is 2. The lowest BCUT2D eigenvalue weighted by atomic mass is 10.1. The number of benzene rings is 2. The van der Waals surface area contributed by atoms with E-state index >= 15 is 0 Å². The second-order valence-corrected chi connectivity index (χ2v) is 6.67. The quantitative estimate of drug-likeness (QED) is 0.693. The van der Waals surface area contributed by atoms with Crippen LogP contribution in [0.1, 0.15) is 31.3 Å². The van der Waals surface area contributed by atoms with E-state index in [1.54, 1.807) is 13.8 Å². The Morgan fingerprint density at radius 1 is 1.00 bits per heavy atom. The summed E-state index contributed by atoms with van der Waals surface area (Å²) in [6.45, 7) is 3.42. The van der Waals surface area contributed by atoms with Crippen LogP contribution in [-0.2, 0) is 0 Å². The molecule has 0 saturated heterocycles. The van der Waals surface area contributed by atoms with Crippen molar-refractivity contribution in [3.05, 3.63) is 76.0 Å². The number of halogens is 1. The summed E-state index contributed by atoms with van der Waals surface area (Å²) in [5, 5.41) is 0.723. The van der Waals surface area contributed by atoms with E-state index < -0.39 is 17.6 Å². The maximum Gasteiger partial charge on any atom is 0.281 e. The Bertz CT molecular complexity index is 970. The van der Waals surface area contributed by atoms with Crippen LogP contribution in [0, 0.1) is 19.7 Å². The van der Waals surface area contributed by atoms with Crippen LogP contribution in [0.25, 0.3) is 10.6 Å². The zero-order valence-electron chi connectivity index (χ0n) is 14.2. The number of amides is 2. The molecule has 0 radical (unpaired) electrons. The molecule has 0 spiro atoms. The fourth-order valence-corrected chi connectivity index (χ4v) is 3.35. The predicted octanol–water partition coefficient (Wildman–Crippen LogP) is 3.64. The predicted molar refractivity (Wildman–Crippen MR) is 98.4 cm³/mol. The molecule has 2 amide bonds. The highest BCUT2D eigenvalue weighted by molar-refractivity contribution is 7.17. The SMILES string of the molecule is Cc1ccc(F)cc1C(=O)NNC(=O)c1sc(-c2ccccc2)nc1C. The van der Waals surface area contributed by atoms with Gasteiger partial charge in [0.25, 0.3) is 11.8 Å². The molecule has 0 atom stereocenters. The lowest BCUT2D eigenvalue weighted by Crippen LogP contribution is -2.41. The minimum Gasteiger partial charge on any atom is -0.267 e. The van der Waals surface area contributed by atoms with Gasteiger partial charge in [-0.05, 0) is 31.5 Å². The molecule has 0 bridgehead atoms. The van der Waals surface area contributed by atoms with Crippen LogP contribution >= 0.6 is 11.3 Å². The number of carbonyl (C=O) groups excluding carboxylic acids is 2. The second kappa shape index (κ2) is 7.45. The van der Waals surface area contributed by atoms with Gasteiger partial charge in [0.15, 0.2) is 0 Å². The van der Waals surface area contributed by atoms with Crippen molar-refractivity contribution >= 4 is 23.2 Å². The van der Waals surface area contributed by atoms with E-state index in [1.807, 2.05) is 30.3 Å². The summed E-state index contributed by atoms with van der Waals surface area (Å²) in [4.78, 5) is 29.3. The van der Waals surface area contributed by atoms with Crippen LogP contribution in [0.3, 0.4) is 0 Å². The topological polar surface area (TPSA) is 71.1 Å². The Kier molecular flexibility index (Phi) is 5.09. The molecule has 1 heterocycles. The van der Waals surface area contributed by atoms with Crippen LogP contribution in [-0.4, -0.2) is 16.8 Å². The van der Waals surface area contributed by atoms with Crippen LogP contribution in [0.4, 0.5) is 4.39 Å². The maximum atomic E-state index is 13.3. The molecule has 3 aromatic rings. The van der Waals surface area contributed by atoms with Gasteiger partial charge in [-0.2, -0.15) is 0 Å². The number of hydrogen-bond donors (Lipinski definition) is 2. The summed E-state index contributed by atoms with van der Waals surface area (Å²) in [7, 11) is 0. The molecule has 0 aliphatic heterocycles. The average Bonchev–Trinajstić information content (AvgIpc) is 3.04. The molecule has 2 N–H and O–H groups in total. The summed E-state index contributed by atoms with van der Waals surface area (Å²) in [5.74, 6) is -1.57.